The number of aryl methyl sites for hydroxylation is 1. The molecule has 0 bridgehead atoms. The molecular formula is C15H22S. The van der Waals surface area contributed by atoms with Crippen molar-refractivity contribution in [3.63, 3.8) is 0 Å². The number of hydrogen-bond acceptors (Lipinski definition) is 1. The first-order valence-corrected chi connectivity index (χ1v) is 7.52. The van der Waals surface area contributed by atoms with Crippen LogP contribution in [-0.2, 0) is 6.42 Å². The number of hydrogen-bond donors (Lipinski definition) is 0. The summed E-state index contributed by atoms with van der Waals surface area (Å²) >= 11 is 2.09. The van der Waals surface area contributed by atoms with Gasteiger partial charge in [-0.15, -0.1) is 11.8 Å². The largest absolute Gasteiger partial charge is 0.123 e. The van der Waals surface area contributed by atoms with E-state index in [0.717, 1.165) is 5.25 Å². The van der Waals surface area contributed by atoms with Gasteiger partial charge < -0.3 is 0 Å². The molecule has 0 aliphatic heterocycles. The van der Waals surface area contributed by atoms with Gasteiger partial charge in [0.25, 0.3) is 0 Å². The molecule has 88 valence electrons. The van der Waals surface area contributed by atoms with E-state index in [0.29, 0.717) is 0 Å². The summed E-state index contributed by atoms with van der Waals surface area (Å²) in [4.78, 5) is 1.46. The summed E-state index contributed by atoms with van der Waals surface area (Å²) < 4.78 is 0. The molecule has 0 atom stereocenters. The van der Waals surface area contributed by atoms with Gasteiger partial charge >= 0.3 is 0 Å². The lowest BCUT2D eigenvalue weighted by Crippen LogP contribution is -2.07. The molecule has 0 saturated heterocycles. The lowest BCUT2D eigenvalue weighted by molar-refractivity contribution is 0.516. The SMILES string of the molecule is CCCc1ccc(SC2CCCCC2)cc1. The molecule has 0 spiro atoms. The molecule has 0 radical (unpaired) electrons. The topological polar surface area (TPSA) is 0 Å². The molecule has 0 heterocycles. The highest BCUT2D eigenvalue weighted by atomic mass is 32.2. The predicted octanol–water partition coefficient (Wildman–Crippen LogP) is 5.06. The summed E-state index contributed by atoms with van der Waals surface area (Å²) in [6, 6.07) is 9.22. The molecule has 1 aromatic carbocycles. The zero-order valence-corrected chi connectivity index (χ0v) is 11.1. The van der Waals surface area contributed by atoms with Crippen molar-refractivity contribution in [3.8, 4) is 0 Å². The Bertz CT molecular complexity index is 296. The normalized spacial score (nSPS) is 17.6. The summed E-state index contributed by atoms with van der Waals surface area (Å²) in [5.74, 6) is 0. The highest BCUT2D eigenvalue weighted by Crippen LogP contribution is 2.33. The van der Waals surface area contributed by atoms with E-state index in [1.54, 1.807) is 0 Å². The molecule has 1 heteroatoms. The van der Waals surface area contributed by atoms with E-state index >= 15 is 0 Å². The van der Waals surface area contributed by atoms with Crippen molar-refractivity contribution >= 4 is 11.8 Å². The van der Waals surface area contributed by atoms with Gasteiger partial charge in [-0.1, -0.05) is 44.7 Å². The van der Waals surface area contributed by atoms with Gasteiger partial charge in [-0.2, -0.15) is 0 Å². The van der Waals surface area contributed by atoms with Crippen LogP contribution in [0.15, 0.2) is 29.2 Å². The van der Waals surface area contributed by atoms with Crippen LogP contribution >= 0.6 is 11.8 Å². The van der Waals surface area contributed by atoms with Crippen LogP contribution in [0.4, 0.5) is 0 Å². The van der Waals surface area contributed by atoms with Crippen molar-refractivity contribution in [3.05, 3.63) is 29.8 Å². The average Bonchev–Trinajstić information content (AvgIpc) is 2.33. The van der Waals surface area contributed by atoms with Crippen molar-refractivity contribution in [1.29, 1.82) is 0 Å². The minimum absolute atomic E-state index is 0.880. The van der Waals surface area contributed by atoms with E-state index < -0.39 is 0 Å². The van der Waals surface area contributed by atoms with Crippen LogP contribution in [0.25, 0.3) is 0 Å². The molecule has 16 heavy (non-hydrogen) atoms. The van der Waals surface area contributed by atoms with Crippen molar-refractivity contribution in [1.82, 2.24) is 0 Å². The van der Waals surface area contributed by atoms with Gasteiger partial charge in [0.05, 0.1) is 0 Å². The molecule has 0 unspecified atom stereocenters. The molecule has 0 amide bonds. The van der Waals surface area contributed by atoms with Crippen LogP contribution in [0.1, 0.15) is 51.0 Å². The predicted molar refractivity (Wildman–Crippen MR) is 73.2 cm³/mol. The van der Waals surface area contributed by atoms with Crippen molar-refractivity contribution in [2.75, 3.05) is 0 Å². The fourth-order valence-corrected chi connectivity index (χ4v) is 3.65. The lowest BCUT2D eigenvalue weighted by Gasteiger charge is -2.20. The molecule has 0 N–H and O–H groups in total. The Morgan fingerprint density at radius 2 is 1.75 bits per heavy atom. The average molecular weight is 234 g/mol. The van der Waals surface area contributed by atoms with Gasteiger partial charge in [0.2, 0.25) is 0 Å². The third kappa shape index (κ3) is 3.55. The molecule has 1 aromatic rings. The van der Waals surface area contributed by atoms with E-state index in [4.69, 9.17) is 0 Å². The highest BCUT2D eigenvalue weighted by Gasteiger charge is 2.14. The fraction of sp³-hybridized carbons (Fsp3) is 0.600. The third-order valence-corrected chi connectivity index (χ3v) is 4.67. The Hall–Kier alpha value is -0.430. The van der Waals surface area contributed by atoms with E-state index in [1.165, 1.54) is 55.4 Å². The molecule has 1 saturated carbocycles. The van der Waals surface area contributed by atoms with Crippen LogP contribution in [-0.4, -0.2) is 5.25 Å². The van der Waals surface area contributed by atoms with Gasteiger partial charge in [-0.3, -0.25) is 0 Å². The standard InChI is InChI=1S/C15H22S/c1-2-6-13-9-11-15(12-10-13)16-14-7-4-3-5-8-14/h9-12,14H,2-8H2,1H3. The second-order valence-corrected chi connectivity index (χ2v) is 6.15. The van der Waals surface area contributed by atoms with Crippen molar-refractivity contribution < 1.29 is 0 Å². The van der Waals surface area contributed by atoms with Gasteiger partial charge in [0.1, 0.15) is 0 Å². The fourth-order valence-electron chi connectivity index (χ4n) is 2.40. The monoisotopic (exact) mass is 234 g/mol. The number of benzene rings is 1. The minimum Gasteiger partial charge on any atom is -0.123 e. The van der Waals surface area contributed by atoms with E-state index in [-0.39, 0.29) is 0 Å². The zero-order chi connectivity index (χ0) is 11.2. The van der Waals surface area contributed by atoms with E-state index in [1.807, 2.05) is 0 Å². The summed E-state index contributed by atoms with van der Waals surface area (Å²) in [6.45, 7) is 2.24. The first-order valence-electron chi connectivity index (χ1n) is 6.64. The Balaban J connectivity index is 1.88. The maximum atomic E-state index is 2.31. The maximum Gasteiger partial charge on any atom is 0.00944 e. The first-order chi connectivity index (χ1) is 7.88. The van der Waals surface area contributed by atoms with Crippen LogP contribution in [0.2, 0.25) is 0 Å². The van der Waals surface area contributed by atoms with Crippen molar-refractivity contribution in [2.45, 2.75) is 62.0 Å². The first kappa shape index (κ1) is 12.0. The van der Waals surface area contributed by atoms with E-state index in [2.05, 4.69) is 43.0 Å². The number of thioether (sulfide) groups is 1. The van der Waals surface area contributed by atoms with Crippen LogP contribution in [0.5, 0.6) is 0 Å². The maximum absolute atomic E-state index is 2.31. The lowest BCUT2D eigenvalue weighted by atomic mass is 10.0. The van der Waals surface area contributed by atoms with Gasteiger partial charge in [0, 0.05) is 10.1 Å². The van der Waals surface area contributed by atoms with E-state index in [9.17, 15) is 0 Å². The summed E-state index contributed by atoms with van der Waals surface area (Å²) in [7, 11) is 0. The zero-order valence-electron chi connectivity index (χ0n) is 10.2. The van der Waals surface area contributed by atoms with Crippen molar-refractivity contribution in [2.24, 2.45) is 0 Å². The van der Waals surface area contributed by atoms with Crippen LogP contribution < -0.4 is 0 Å². The Labute approximate surface area is 104 Å². The van der Waals surface area contributed by atoms with Crippen LogP contribution in [0.3, 0.4) is 0 Å². The molecule has 2 rings (SSSR count). The van der Waals surface area contributed by atoms with Gasteiger partial charge in [-0.25, -0.2) is 0 Å². The molecular weight excluding hydrogens is 212 g/mol. The Morgan fingerprint density at radius 3 is 2.38 bits per heavy atom. The molecule has 1 aliphatic carbocycles. The quantitative estimate of drug-likeness (QED) is 0.701. The summed E-state index contributed by atoms with van der Waals surface area (Å²) in [5, 5.41) is 0.880. The third-order valence-electron chi connectivity index (χ3n) is 3.32. The second kappa shape index (κ2) is 6.34. The Morgan fingerprint density at radius 1 is 1.06 bits per heavy atom. The Kier molecular flexibility index (Phi) is 4.77. The highest BCUT2D eigenvalue weighted by molar-refractivity contribution is 8.00. The molecule has 0 nitrogen and oxygen atoms in total. The van der Waals surface area contributed by atoms with Gasteiger partial charge in [-0.05, 0) is 37.0 Å². The second-order valence-electron chi connectivity index (χ2n) is 4.77. The number of rotatable bonds is 4. The molecule has 1 fully saturated rings. The minimum atomic E-state index is 0.880. The summed E-state index contributed by atoms with van der Waals surface area (Å²) in [6.07, 6.45) is 9.62. The smallest absolute Gasteiger partial charge is 0.00944 e. The molecule has 1 aliphatic rings. The van der Waals surface area contributed by atoms with Crippen LogP contribution in [0, 0.1) is 0 Å². The summed E-state index contributed by atoms with van der Waals surface area (Å²) in [5.41, 5.74) is 1.48. The van der Waals surface area contributed by atoms with Gasteiger partial charge in [0.15, 0.2) is 0 Å². The molecule has 0 aromatic heterocycles.